The molecule has 20 heavy (non-hydrogen) atoms. The zero-order valence-electron chi connectivity index (χ0n) is 12.2. The Morgan fingerprint density at radius 1 is 1.50 bits per heavy atom. The number of imide groups is 1. The Labute approximate surface area is 119 Å². The molecular weight excluding hydrogens is 258 g/mol. The highest BCUT2D eigenvalue weighted by Crippen LogP contribution is 2.15. The van der Waals surface area contributed by atoms with Crippen molar-refractivity contribution < 1.29 is 9.59 Å². The fourth-order valence-electron chi connectivity index (χ4n) is 2.68. The van der Waals surface area contributed by atoms with E-state index in [9.17, 15) is 9.59 Å². The lowest BCUT2D eigenvalue weighted by atomic mass is 10.0. The highest BCUT2D eigenvalue weighted by atomic mass is 16.2. The average Bonchev–Trinajstić information content (AvgIpc) is 2.75. The number of aliphatic imine (C=N–C) groups is 1. The topological polar surface area (TPSA) is 77.0 Å². The first kappa shape index (κ1) is 14.6. The molecule has 2 heterocycles. The lowest BCUT2D eigenvalue weighted by Gasteiger charge is -2.33. The van der Waals surface area contributed by atoms with Crippen LogP contribution in [0.25, 0.3) is 0 Å². The molecule has 2 fully saturated rings. The Balaban J connectivity index is 1.79. The molecule has 2 aliphatic rings. The molecule has 3 amide bonds. The second-order valence-electron chi connectivity index (χ2n) is 5.37. The van der Waals surface area contributed by atoms with Gasteiger partial charge in [-0.15, -0.1) is 0 Å². The van der Waals surface area contributed by atoms with Gasteiger partial charge in [-0.3, -0.25) is 14.7 Å². The number of carbonyl (C=O) groups is 2. The van der Waals surface area contributed by atoms with E-state index in [0.717, 1.165) is 19.0 Å². The third kappa shape index (κ3) is 3.40. The maximum atomic E-state index is 11.4. The Kier molecular flexibility index (Phi) is 4.81. The number of piperidine rings is 1. The van der Waals surface area contributed by atoms with Gasteiger partial charge in [0, 0.05) is 33.2 Å². The number of nitrogens with one attached hydrogen (secondary N) is 2. The molecule has 7 nitrogen and oxygen atoms in total. The molecule has 0 spiro atoms. The van der Waals surface area contributed by atoms with Crippen LogP contribution in [0.2, 0.25) is 0 Å². The second kappa shape index (κ2) is 6.58. The largest absolute Gasteiger partial charge is 0.354 e. The van der Waals surface area contributed by atoms with Gasteiger partial charge in [-0.25, -0.2) is 4.79 Å². The molecular formula is C13H23N5O2. The molecule has 2 aliphatic heterocycles. The van der Waals surface area contributed by atoms with E-state index in [1.165, 1.54) is 17.7 Å². The number of nitrogens with zero attached hydrogens (tertiary/aromatic N) is 3. The summed E-state index contributed by atoms with van der Waals surface area (Å²) in [5.41, 5.74) is 0. The zero-order chi connectivity index (χ0) is 14.5. The van der Waals surface area contributed by atoms with Crippen LogP contribution in [-0.4, -0.2) is 67.5 Å². The number of hydrogen-bond donors (Lipinski definition) is 2. The number of likely N-dealkylation sites (tertiary alicyclic amines) is 1. The van der Waals surface area contributed by atoms with Crippen LogP contribution in [0.15, 0.2) is 4.99 Å². The number of urea groups is 1. The highest BCUT2D eigenvalue weighted by molar-refractivity contribution is 6.01. The summed E-state index contributed by atoms with van der Waals surface area (Å²) in [6, 6.07) is -0.307. The maximum absolute atomic E-state index is 11.4. The van der Waals surface area contributed by atoms with Gasteiger partial charge in [-0.05, 0) is 18.8 Å². The van der Waals surface area contributed by atoms with E-state index in [1.54, 1.807) is 7.05 Å². The first-order chi connectivity index (χ1) is 9.61. The summed E-state index contributed by atoms with van der Waals surface area (Å²) in [7, 11) is 1.76. The van der Waals surface area contributed by atoms with Gasteiger partial charge < -0.3 is 15.5 Å². The van der Waals surface area contributed by atoms with Crippen LogP contribution in [0, 0.1) is 5.92 Å². The van der Waals surface area contributed by atoms with Gasteiger partial charge in [0.15, 0.2) is 5.96 Å². The Morgan fingerprint density at radius 3 is 2.90 bits per heavy atom. The number of hydrogen-bond acceptors (Lipinski definition) is 3. The fraction of sp³-hybridized carbons (Fsp3) is 0.769. The highest BCUT2D eigenvalue weighted by Gasteiger charge is 2.28. The van der Waals surface area contributed by atoms with E-state index in [0.29, 0.717) is 19.0 Å². The molecule has 7 heteroatoms. The van der Waals surface area contributed by atoms with Crippen LogP contribution in [0.1, 0.15) is 19.8 Å². The summed E-state index contributed by atoms with van der Waals surface area (Å²) in [6.45, 7) is 5.25. The summed E-state index contributed by atoms with van der Waals surface area (Å²) in [5, 5.41) is 5.74. The van der Waals surface area contributed by atoms with E-state index >= 15 is 0 Å². The van der Waals surface area contributed by atoms with Gasteiger partial charge in [-0.2, -0.15) is 0 Å². The third-order valence-corrected chi connectivity index (χ3v) is 3.72. The Hall–Kier alpha value is -1.79. The van der Waals surface area contributed by atoms with E-state index in [1.807, 2.05) is 0 Å². The van der Waals surface area contributed by atoms with Crippen molar-refractivity contribution in [2.75, 3.05) is 39.8 Å². The van der Waals surface area contributed by atoms with Gasteiger partial charge in [0.2, 0.25) is 5.91 Å². The van der Waals surface area contributed by atoms with Crippen LogP contribution in [-0.2, 0) is 4.79 Å². The molecule has 2 rings (SSSR count). The molecule has 0 aromatic carbocycles. The summed E-state index contributed by atoms with van der Waals surface area (Å²) in [4.78, 5) is 30.6. The minimum Gasteiger partial charge on any atom is -0.354 e. The van der Waals surface area contributed by atoms with Crippen LogP contribution < -0.4 is 10.6 Å². The van der Waals surface area contributed by atoms with E-state index in [-0.39, 0.29) is 18.5 Å². The predicted molar refractivity (Wildman–Crippen MR) is 76.4 cm³/mol. The number of amides is 3. The number of guanidine groups is 1. The SMILES string of the molecule is CN=C(NCCN1C(=O)CNC1=O)N1CCCC(C)C1. The molecule has 0 bridgehead atoms. The number of carbonyl (C=O) groups excluding carboxylic acids is 2. The zero-order valence-corrected chi connectivity index (χ0v) is 12.2. The van der Waals surface area contributed by atoms with Crippen LogP contribution >= 0.6 is 0 Å². The van der Waals surface area contributed by atoms with Gasteiger partial charge in [-0.1, -0.05) is 6.92 Å². The Morgan fingerprint density at radius 2 is 2.30 bits per heavy atom. The molecule has 0 saturated carbocycles. The van der Waals surface area contributed by atoms with E-state index < -0.39 is 0 Å². The smallest absolute Gasteiger partial charge is 0.324 e. The van der Waals surface area contributed by atoms with Crippen molar-refractivity contribution in [3.05, 3.63) is 0 Å². The summed E-state index contributed by atoms with van der Waals surface area (Å²) >= 11 is 0. The summed E-state index contributed by atoms with van der Waals surface area (Å²) in [5.74, 6) is 1.36. The summed E-state index contributed by atoms with van der Waals surface area (Å²) < 4.78 is 0. The van der Waals surface area contributed by atoms with Crippen molar-refractivity contribution in [2.24, 2.45) is 10.9 Å². The fourth-order valence-corrected chi connectivity index (χ4v) is 2.68. The second-order valence-corrected chi connectivity index (χ2v) is 5.37. The van der Waals surface area contributed by atoms with Crippen molar-refractivity contribution >= 4 is 17.9 Å². The molecule has 0 aromatic heterocycles. The molecule has 0 aliphatic carbocycles. The standard InChI is InChI=1S/C13H23N5O2/c1-10-4-3-6-17(9-10)12(14-2)15-5-7-18-11(19)8-16-13(18)20/h10H,3-9H2,1-2H3,(H,14,15)(H,16,20). The van der Waals surface area contributed by atoms with Gasteiger partial charge in [0.25, 0.3) is 0 Å². The summed E-state index contributed by atoms with van der Waals surface area (Å²) in [6.07, 6.45) is 2.44. The molecule has 2 saturated heterocycles. The molecule has 0 aromatic rings. The van der Waals surface area contributed by atoms with E-state index in [2.05, 4.69) is 27.4 Å². The van der Waals surface area contributed by atoms with Crippen LogP contribution in [0.3, 0.4) is 0 Å². The molecule has 0 radical (unpaired) electrons. The maximum Gasteiger partial charge on any atom is 0.324 e. The van der Waals surface area contributed by atoms with Crippen molar-refractivity contribution in [1.82, 2.24) is 20.4 Å². The van der Waals surface area contributed by atoms with Gasteiger partial charge >= 0.3 is 6.03 Å². The van der Waals surface area contributed by atoms with Crippen LogP contribution in [0.5, 0.6) is 0 Å². The molecule has 1 unspecified atom stereocenters. The average molecular weight is 281 g/mol. The van der Waals surface area contributed by atoms with Crippen LogP contribution in [0.4, 0.5) is 4.79 Å². The van der Waals surface area contributed by atoms with Crippen molar-refractivity contribution in [3.8, 4) is 0 Å². The minimum absolute atomic E-state index is 0.108. The minimum atomic E-state index is -0.307. The van der Waals surface area contributed by atoms with Gasteiger partial charge in [0.05, 0.1) is 6.54 Å². The quantitative estimate of drug-likeness (QED) is 0.428. The predicted octanol–water partition coefficient (Wildman–Crippen LogP) is -0.154. The first-order valence-corrected chi connectivity index (χ1v) is 7.15. The van der Waals surface area contributed by atoms with Crippen molar-refractivity contribution in [1.29, 1.82) is 0 Å². The lowest BCUT2D eigenvalue weighted by molar-refractivity contribution is -0.124. The number of rotatable bonds is 3. The third-order valence-electron chi connectivity index (χ3n) is 3.72. The molecule has 112 valence electrons. The lowest BCUT2D eigenvalue weighted by Crippen LogP contribution is -2.48. The monoisotopic (exact) mass is 281 g/mol. The molecule has 1 atom stereocenters. The van der Waals surface area contributed by atoms with Crippen molar-refractivity contribution in [2.45, 2.75) is 19.8 Å². The Bertz CT molecular complexity index is 394. The van der Waals surface area contributed by atoms with Crippen molar-refractivity contribution in [3.63, 3.8) is 0 Å². The van der Waals surface area contributed by atoms with Gasteiger partial charge in [0.1, 0.15) is 0 Å². The first-order valence-electron chi connectivity index (χ1n) is 7.15. The normalized spacial score (nSPS) is 24.1. The molecule has 2 N–H and O–H groups in total. The van der Waals surface area contributed by atoms with E-state index in [4.69, 9.17) is 0 Å².